The third-order valence-electron chi connectivity index (χ3n) is 4.79. The van der Waals surface area contributed by atoms with Gasteiger partial charge in [-0.15, -0.1) is 0 Å². The van der Waals surface area contributed by atoms with E-state index in [0.717, 1.165) is 18.0 Å². The molecule has 1 heterocycles. The average Bonchev–Trinajstić information content (AvgIpc) is 2.13. The van der Waals surface area contributed by atoms with Gasteiger partial charge in [-0.1, -0.05) is 27.7 Å². The molecule has 2 heteroatoms. The van der Waals surface area contributed by atoms with Gasteiger partial charge in [0.15, 0.2) is 0 Å². The molecule has 0 amide bonds. The number of nitrogens with zero attached hydrogens (tertiary/aromatic N) is 1. The summed E-state index contributed by atoms with van der Waals surface area (Å²) in [5, 5.41) is 3.43. The molecule has 0 aromatic carbocycles. The molecule has 0 spiro atoms. The predicted molar refractivity (Wildman–Crippen MR) is 74.2 cm³/mol. The molecule has 0 aromatic heterocycles. The molecular formula is C15H30N2. The summed E-state index contributed by atoms with van der Waals surface area (Å²) < 4.78 is 0. The van der Waals surface area contributed by atoms with Crippen molar-refractivity contribution in [3.05, 3.63) is 0 Å². The highest BCUT2D eigenvalue weighted by molar-refractivity contribution is 4.94. The zero-order valence-corrected chi connectivity index (χ0v) is 12.1. The third-order valence-corrected chi connectivity index (χ3v) is 4.79. The van der Waals surface area contributed by atoms with Crippen LogP contribution in [0.4, 0.5) is 0 Å². The maximum absolute atomic E-state index is 3.43. The van der Waals surface area contributed by atoms with Gasteiger partial charge in [-0.25, -0.2) is 0 Å². The molecule has 1 saturated heterocycles. The second-order valence-electron chi connectivity index (χ2n) is 7.00. The summed E-state index contributed by atoms with van der Waals surface area (Å²) in [6.07, 6.45) is 5.51. The second kappa shape index (κ2) is 5.27. The SMILES string of the molecule is CCCN(C1CNC1)C1CCC(C)(C)CC1C. The average molecular weight is 238 g/mol. The maximum Gasteiger partial charge on any atom is 0.0348 e. The molecule has 2 unspecified atom stereocenters. The van der Waals surface area contributed by atoms with Crippen LogP contribution in [0, 0.1) is 11.3 Å². The fraction of sp³-hybridized carbons (Fsp3) is 1.00. The summed E-state index contributed by atoms with van der Waals surface area (Å²) in [6.45, 7) is 13.4. The van der Waals surface area contributed by atoms with E-state index in [4.69, 9.17) is 0 Å². The zero-order chi connectivity index (χ0) is 12.5. The molecule has 2 aliphatic rings. The van der Waals surface area contributed by atoms with Crippen LogP contribution >= 0.6 is 0 Å². The van der Waals surface area contributed by atoms with E-state index in [-0.39, 0.29) is 0 Å². The first-order valence-corrected chi connectivity index (χ1v) is 7.50. The number of hydrogen-bond donors (Lipinski definition) is 1. The van der Waals surface area contributed by atoms with Crippen molar-refractivity contribution in [2.45, 2.75) is 65.5 Å². The smallest absolute Gasteiger partial charge is 0.0348 e. The monoisotopic (exact) mass is 238 g/mol. The Morgan fingerprint density at radius 1 is 1.29 bits per heavy atom. The second-order valence-corrected chi connectivity index (χ2v) is 7.00. The summed E-state index contributed by atoms with van der Waals surface area (Å²) in [6, 6.07) is 1.67. The van der Waals surface area contributed by atoms with Gasteiger partial charge in [0.2, 0.25) is 0 Å². The number of rotatable bonds is 4. The van der Waals surface area contributed by atoms with E-state index in [1.807, 2.05) is 0 Å². The van der Waals surface area contributed by atoms with Crippen molar-refractivity contribution in [1.82, 2.24) is 10.2 Å². The van der Waals surface area contributed by atoms with Crippen LogP contribution in [-0.4, -0.2) is 36.6 Å². The van der Waals surface area contributed by atoms with Gasteiger partial charge in [-0.2, -0.15) is 0 Å². The van der Waals surface area contributed by atoms with Crippen LogP contribution in [0.15, 0.2) is 0 Å². The molecular weight excluding hydrogens is 208 g/mol. The molecule has 17 heavy (non-hydrogen) atoms. The molecule has 1 N–H and O–H groups in total. The molecule has 0 bridgehead atoms. The summed E-state index contributed by atoms with van der Waals surface area (Å²) in [5.41, 5.74) is 0.575. The first-order valence-electron chi connectivity index (χ1n) is 7.50. The van der Waals surface area contributed by atoms with Crippen molar-refractivity contribution in [1.29, 1.82) is 0 Å². The summed E-state index contributed by atoms with van der Waals surface area (Å²) in [5.74, 6) is 0.867. The van der Waals surface area contributed by atoms with Crippen molar-refractivity contribution in [2.75, 3.05) is 19.6 Å². The molecule has 0 aromatic rings. The molecule has 2 atom stereocenters. The van der Waals surface area contributed by atoms with Crippen LogP contribution in [0.1, 0.15) is 53.4 Å². The molecule has 2 nitrogen and oxygen atoms in total. The van der Waals surface area contributed by atoms with Gasteiger partial charge >= 0.3 is 0 Å². The maximum atomic E-state index is 3.43. The highest BCUT2D eigenvalue weighted by atomic mass is 15.3. The Labute approximate surface area is 107 Å². The Morgan fingerprint density at radius 2 is 2.00 bits per heavy atom. The van der Waals surface area contributed by atoms with Crippen LogP contribution in [-0.2, 0) is 0 Å². The van der Waals surface area contributed by atoms with E-state index >= 15 is 0 Å². The van der Waals surface area contributed by atoms with Crippen molar-refractivity contribution in [3.63, 3.8) is 0 Å². The van der Waals surface area contributed by atoms with Crippen LogP contribution in [0.3, 0.4) is 0 Å². The van der Waals surface area contributed by atoms with E-state index < -0.39 is 0 Å². The normalized spacial score (nSPS) is 33.7. The van der Waals surface area contributed by atoms with Gasteiger partial charge in [0.05, 0.1) is 0 Å². The van der Waals surface area contributed by atoms with Crippen LogP contribution in [0.25, 0.3) is 0 Å². The number of hydrogen-bond acceptors (Lipinski definition) is 2. The van der Waals surface area contributed by atoms with Gasteiger partial charge in [0, 0.05) is 25.2 Å². The van der Waals surface area contributed by atoms with E-state index in [0.29, 0.717) is 5.41 Å². The lowest BCUT2D eigenvalue weighted by Crippen LogP contribution is -2.62. The van der Waals surface area contributed by atoms with Crippen LogP contribution in [0.5, 0.6) is 0 Å². The van der Waals surface area contributed by atoms with Gasteiger partial charge < -0.3 is 5.32 Å². The Balaban J connectivity index is 1.98. The Hall–Kier alpha value is -0.0800. The summed E-state index contributed by atoms with van der Waals surface area (Å²) >= 11 is 0. The Kier molecular flexibility index (Phi) is 4.14. The van der Waals surface area contributed by atoms with E-state index in [9.17, 15) is 0 Å². The summed E-state index contributed by atoms with van der Waals surface area (Å²) in [4.78, 5) is 2.82. The first kappa shape index (κ1) is 13.4. The van der Waals surface area contributed by atoms with Gasteiger partial charge in [0.1, 0.15) is 0 Å². The Bertz CT molecular complexity index is 245. The van der Waals surface area contributed by atoms with E-state index in [1.54, 1.807) is 0 Å². The summed E-state index contributed by atoms with van der Waals surface area (Å²) in [7, 11) is 0. The highest BCUT2D eigenvalue weighted by Gasteiger charge is 2.38. The molecule has 0 radical (unpaired) electrons. The zero-order valence-electron chi connectivity index (χ0n) is 12.1. The molecule has 1 saturated carbocycles. The minimum Gasteiger partial charge on any atom is -0.314 e. The molecule has 1 aliphatic carbocycles. The molecule has 100 valence electrons. The fourth-order valence-electron chi connectivity index (χ4n) is 3.81. The molecule has 1 aliphatic heterocycles. The van der Waals surface area contributed by atoms with E-state index in [1.165, 1.54) is 45.3 Å². The lowest BCUT2D eigenvalue weighted by Gasteiger charge is -2.49. The first-order chi connectivity index (χ1) is 8.03. The topological polar surface area (TPSA) is 15.3 Å². The number of nitrogens with one attached hydrogen (secondary N) is 1. The van der Waals surface area contributed by atoms with Gasteiger partial charge in [-0.05, 0) is 43.6 Å². The van der Waals surface area contributed by atoms with Crippen molar-refractivity contribution in [2.24, 2.45) is 11.3 Å². The third kappa shape index (κ3) is 3.03. The van der Waals surface area contributed by atoms with Crippen molar-refractivity contribution >= 4 is 0 Å². The van der Waals surface area contributed by atoms with Crippen LogP contribution < -0.4 is 5.32 Å². The van der Waals surface area contributed by atoms with E-state index in [2.05, 4.69) is 37.9 Å². The van der Waals surface area contributed by atoms with Crippen molar-refractivity contribution in [3.8, 4) is 0 Å². The molecule has 2 rings (SSSR count). The minimum atomic E-state index is 0.575. The fourth-order valence-corrected chi connectivity index (χ4v) is 3.81. The van der Waals surface area contributed by atoms with Gasteiger partial charge in [-0.3, -0.25) is 4.90 Å². The standard InChI is InChI=1S/C15H30N2/c1-5-8-17(13-10-16-11-13)14-6-7-15(3,4)9-12(14)2/h12-14,16H,5-11H2,1-4H3. The lowest BCUT2D eigenvalue weighted by atomic mass is 9.70. The lowest BCUT2D eigenvalue weighted by molar-refractivity contribution is 0.0156. The molecule has 2 fully saturated rings. The Morgan fingerprint density at radius 3 is 2.47 bits per heavy atom. The van der Waals surface area contributed by atoms with Crippen LogP contribution in [0.2, 0.25) is 0 Å². The largest absolute Gasteiger partial charge is 0.314 e. The predicted octanol–water partition coefficient (Wildman–Crippen LogP) is 2.89. The highest BCUT2D eigenvalue weighted by Crippen LogP contribution is 2.41. The van der Waals surface area contributed by atoms with Crippen molar-refractivity contribution < 1.29 is 0 Å². The van der Waals surface area contributed by atoms with Gasteiger partial charge in [0.25, 0.3) is 0 Å². The minimum absolute atomic E-state index is 0.575. The quantitative estimate of drug-likeness (QED) is 0.810.